The summed E-state index contributed by atoms with van der Waals surface area (Å²) in [5.74, 6) is -0.0976. The van der Waals surface area contributed by atoms with Gasteiger partial charge in [0.2, 0.25) is 0 Å². The molecule has 1 aliphatic heterocycles. The van der Waals surface area contributed by atoms with E-state index in [-0.39, 0.29) is 18.1 Å². The smallest absolute Gasteiger partial charge is 0.252 e. The van der Waals surface area contributed by atoms with E-state index in [2.05, 4.69) is 29.7 Å². The van der Waals surface area contributed by atoms with Crippen LogP contribution in [0.4, 0.5) is 0 Å². The summed E-state index contributed by atoms with van der Waals surface area (Å²) >= 11 is 0. The highest BCUT2D eigenvalue weighted by Gasteiger charge is 2.25. The van der Waals surface area contributed by atoms with Gasteiger partial charge in [-0.2, -0.15) is 0 Å². The quantitative estimate of drug-likeness (QED) is 0.352. The van der Waals surface area contributed by atoms with E-state index in [4.69, 9.17) is 9.72 Å². The number of carbonyl (C=O) groups excluding carboxylic acids is 1. The molecule has 1 aromatic heterocycles. The number of fused-ring (bicyclic) bond motifs is 1. The van der Waals surface area contributed by atoms with E-state index in [9.17, 15) is 4.79 Å². The summed E-state index contributed by atoms with van der Waals surface area (Å²) in [5.41, 5.74) is 5.16. The molecule has 0 spiro atoms. The molecule has 3 aromatic carbocycles. The Balaban J connectivity index is 1.62. The van der Waals surface area contributed by atoms with Crippen molar-refractivity contribution in [2.24, 2.45) is 0 Å². The Morgan fingerprint density at radius 3 is 2.46 bits per heavy atom. The minimum Gasteiger partial charge on any atom is -0.372 e. The second-order valence-electron chi connectivity index (χ2n) is 8.97. The third-order valence-electron chi connectivity index (χ3n) is 6.66. The number of nitrogens with zero attached hydrogens (tertiary/aromatic N) is 1. The molecule has 0 aliphatic carbocycles. The van der Waals surface area contributed by atoms with E-state index in [0.717, 1.165) is 59.2 Å². The largest absolute Gasteiger partial charge is 0.372 e. The van der Waals surface area contributed by atoms with Crippen LogP contribution in [0.1, 0.15) is 47.3 Å². The van der Waals surface area contributed by atoms with Gasteiger partial charge >= 0.3 is 0 Å². The molecular weight excluding hydrogens is 434 g/mol. The molecule has 2 N–H and O–H groups in total. The zero-order chi connectivity index (χ0) is 24.0. The Morgan fingerprint density at radius 2 is 1.74 bits per heavy atom. The highest BCUT2D eigenvalue weighted by Crippen LogP contribution is 2.32. The third-order valence-corrected chi connectivity index (χ3v) is 6.66. The van der Waals surface area contributed by atoms with Gasteiger partial charge in [-0.3, -0.25) is 4.79 Å². The monoisotopic (exact) mass is 465 g/mol. The van der Waals surface area contributed by atoms with Gasteiger partial charge in [-0.05, 0) is 31.0 Å². The maximum absolute atomic E-state index is 14.0. The first kappa shape index (κ1) is 23.2. The van der Waals surface area contributed by atoms with E-state index in [0.29, 0.717) is 12.2 Å². The molecule has 1 amide bonds. The second kappa shape index (κ2) is 10.8. The summed E-state index contributed by atoms with van der Waals surface area (Å²) in [6, 6.07) is 28.0. The van der Waals surface area contributed by atoms with Crippen molar-refractivity contribution in [3.8, 4) is 11.3 Å². The predicted octanol–water partition coefficient (Wildman–Crippen LogP) is 5.66. The van der Waals surface area contributed by atoms with Crippen molar-refractivity contribution in [2.75, 3.05) is 13.1 Å². The molecule has 35 heavy (non-hydrogen) atoms. The van der Waals surface area contributed by atoms with Crippen molar-refractivity contribution in [3.05, 3.63) is 102 Å². The highest BCUT2D eigenvalue weighted by molar-refractivity contribution is 6.09. The summed E-state index contributed by atoms with van der Waals surface area (Å²) in [5, 5.41) is 7.50. The highest BCUT2D eigenvalue weighted by atomic mass is 16.5. The second-order valence-corrected chi connectivity index (χ2v) is 8.97. The van der Waals surface area contributed by atoms with Gasteiger partial charge in [-0.15, -0.1) is 0 Å². The molecule has 0 saturated carbocycles. The fraction of sp³-hybridized carbons (Fsp3) is 0.267. The molecule has 1 fully saturated rings. The van der Waals surface area contributed by atoms with Crippen LogP contribution in [0.5, 0.6) is 0 Å². The zero-order valence-corrected chi connectivity index (χ0v) is 20.0. The molecule has 2 atom stereocenters. The van der Waals surface area contributed by atoms with E-state index in [1.165, 1.54) is 0 Å². The van der Waals surface area contributed by atoms with Crippen molar-refractivity contribution in [1.29, 1.82) is 0 Å². The summed E-state index contributed by atoms with van der Waals surface area (Å²) in [6.45, 7) is 4.21. The third kappa shape index (κ3) is 5.11. The van der Waals surface area contributed by atoms with Gasteiger partial charge < -0.3 is 15.4 Å². The van der Waals surface area contributed by atoms with Crippen molar-refractivity contribution in [1.82, 2.24) is 15.6 Å². The van der Waals surface area contributed by atoms with E-state index in [1.807, 2.05) is 72.8 Å². The first-order valence-electron chi connectivity index (χ1n) is 12.4. The van der Waals surface area contributed by atoms with Crippen molar-refractivity contribution in [2.45, 2.75) is 38.5 Å². The van der Waals surface area contributed by atoms with Crippen LogP contribution in [0, 0.1) is 0 Å². The molecular formula is C30H31N3O2. The van der Waals surface area contributed by atoms with Gasteiger partial charge in [-0.25, -0.2) is 4.98 Å². The average molecular weight is 466 g/mol. The number of para-hydroxylation sites is 1. The van der Waals surface area contributed by atoms with E-state index in [1.54, 1.807) is 0 Å². The zero-order valence-electron chi connectivity index (χ0n) is 20.0. The standard InChI is InChI=1S/C30H31N3O2/c1-2-26(21-11-5-3-6-12-21)33-30(34)28-24-15-9-10-16-27(24)32-29(22-13-7-4-8-14-22)25(28)20-35-23-17-18-31-19-23/h3-16,23,26,31H,2,17-20H2,1H3,(H,33,34)/t23-,26-/m0/s1. The van der Waals surface area contributed by atoms with Crippen LogP contribution in [0.3, 0.4) is 0 Å². The van der Waals surface area contributed by atoms with Gasteiger partial charge in [0.1, 0.15) is 0 Å². The van der Waals surface area contributed by atoms with Crippen LogP contribution < -0.4 is 10.6 Å². The minimum atomic E-state index is -0.0976. The Kier molecular flexibility index (Phi) is 7.17. The van der Waals surface area contributed by atoms with Gasteiger partial charge in [0.25, 0.3) is 5.91 Å². The molecule has 178 valence electrons. The fourth-order valence-corrected chi connectivity index (χ4v) is 4.79. The van der Waals surface area contributed by atoms with Crippen molar-refractivity contribution < 1.29 is 9.53 Å². The van der Waals surface area contributed by atoms with Gasteiger partial charge in [0.05, 0.1) is 35.5 Å². The summed E-state index contributed by atoms with van der Waals surface area (Å²) < 4.78 is 6.32. The van der Waals surface area contributed by atoms with Crippen LogP contribution in [-0.4, -0.2) is 30.1 Å². The van der Waals surface area contributed by atoms with E-state index >= 15 is 0 Å². The van der Waals surface area contributed by atoms with Crippen LogP contribution in [0.25, 0.3) is 22.2 Å². The van der Waals surface area contributed by atoms with Gasteiger partial charge in [0.15, 0.2) is 0 Å². The molecule has 2 heterocycles. The average Bonchev–Trinajstić information content (AvgIpc) is 3.44. The number of amides is 1. The first-order valence-corrected chi connectivity index (χ1v) is 12.4. The normalized spacial score (nSPS) is 16.3. The summed E-state index contributed by atoms with van der Waals surface area (Å²) in [4.78, 5) is 19.0. The van der Waals surface area contributed by atoms with Crippen molar-refractivity contribution >= 4 is 16.8 Å². The molecule has 5 nitrogen and oxygen atoms in total. The maximum atomic E-state index is 14.0. The molecule has 0 unspecified atom stereocenters. The Hall–Kier alpha value is -3.54. The lowest BCUT2D eigenvalue weighted by Crippen LogP contribution is -2.30. The number of pyridine rings is 1. The van der Waals surface area contributed by atoms with Crippen LogP contribution >= 0.6 is 0 Å². The Bertz CT molecular complexity index is 1290. The fourth-order valence-electron chi connectivity index (χ4n) is 4.79. The lowest BCUT2D eigenvalue weighted by molar-refractivity contribution is 0.0536. The summed E-state index contributed by atoms with van der Waals surface area (Å²) in [6.07, 6.45) is 1.90. The number of hydrogen-bond acceptors (Lipinski definition) is 4. The van der Waals surface area contributed by atoms with Crippen LogP contribution in [0.2, 0.25) is 0 Å². The van der Waals surface area contributed by atoms with E-state index < -0.39 is 0 Å². The van der Waals surface area contributed by atoms with Gasteiger partial charge in [-0.1, -0.05) is 85.8 Å². The topological polar surface area (TPSA) is 63.2 Å². The number of hydrogen-bond donors (Lipinski definition) is 2. The molecule has 5 rings (SSSR count). The molecule has 1 saturated heterocycles. The van der Waals surface area contributed by atoms with Crippen molar-refractivity contribution in [3.63, 3.8) is 0 Å². The van der Waals surface area contributed by atoms with Gasteiger partial charge in [0, 0.05) is 23.1 Å². The Morgan fingerprint density at radius 1 is 1.03 bits per heavy atom. The number of rotatable bonds is 8. The molecule has 1 aliphatic rings. The number of benzene rings is 3. The molecule has 4 aromatic rings. The summed E-state index contributed by atoms with van der Waals surface area (Å²) in [7, 11) is 0. The first-order chi connectivity index (χ1) is 17.2. The number of aromatic nitrogens is 1. The van der Waals surface area contributed by atoms with Crippen LogP contribution in [0.15, 0.2) is 84.9 Å². The SMILES string of the molecule is CC[C@H](NC(=O)c1c(CO[C@H]2CCNC2)c(-c2ccccc2)nc2ccccc12)c1ccccc1. The number of nitrogens with one attached hydrogen (secondary N) is 2. The maximum Gasteiger partial charge on any atom is 0.252 e. The lowest BCUT2D eigenvalue weighted by Gasteiger charge is -2.22. The molecule has 0 radical (unpaired) electrons. The predicted molar refractivity (Wildman–Crippen MR) is 140 cm³/mol. The molecule has 5 heteroatoms. The number of ether oxygens (including phenoxy) is 1. The molecule has 0 bridgehead atoms. The minimum absolute atomic E-state index is 0.0800. The Labute approximate surface area is 206 Å². The van der Waals surface area contributed by atoms with Crippen LogP contribution in [-0.2, 0) is 11.3 Å². The number of carbonyl (C=O) groups is 1. The lowest BCUT2D eigenvalue weighted by atomic mass is 9.95.